The van der Waals surface area contributed by atoms with Crippen molar-refractivity contribution in [1.29, 1.82) is 0 Å². The van der Waals surface area contributed by atoms with E-state index in [4.69, 9.17) is 9.05 Å². The Morgan fingerprint density at radius 3 is 1.04 bits per heavy atom. The van der Waals surface area contributed by atoms with Gasteiger partial charge < -0.3 is 21.5 Å². The molecule has 0 fully saturated rings. The van der Waals surface area contributed by atoms with Crippen molar-refractivity contribution in [1.82, 2.24) is 0 Å². The van der Waals surface area contributed by atoms with Crippen molar-refractivity contribution in [2.45, 2.75) is 104 Å². The van der Waals surface area contributed by atoms with Gasteiger partial charge in [0.15, 0.2) is 0 Å². The summed E-state index contributed by atoms with van der Waals surface area (Å²) in [6.07, 6.45) is 0. The third kappa shape index (κ3) is 9.62. The summed E-state index contributed by atoms with van der Waals surface area (Å²) < 4.78 is 13.1. The van der Waals surface area contributed by atoms with Crippen LogP contribution in [-0.2, 0) is 20.1 Å². The molecule has 0 saturated carbocycles. The first-order valence-electron chi connectivity index (χ1n) is 9.49. The van der Waals surface area contributed by atoms with E-state index in [1.54, 1.807) is 0 Å². The van der Waals surface area contributed by atoms with Gasteiger partial charge in [0.2, 0.25) is 0 Å². The molecule has 0 atom stereocenters. The summed E-state index contributed by atoms with van der Waals surface area (Å²) >= 11 is 0. The molecule has 1 rings (SSSR count). The van der Waals surface area contributed by atoms with E-state index in [1.165, 1.54) is 0 Å². The molecule has 6 heteroatoms. The summed E-state index contributed by atoms with van der Waals surface area (Å²) in [5.74, 6) is 1.83. The monoisotopic (exact) mass is 626 g/mol. The van der Waals surface area contributed by atoms with Gasteiger partial charge in [0.1, 0.15) is 11.5 Å². The molecule has 164 valence electrons. The second-order valence-electron chi connectivity index (χ2n) is 10.9. The standard InChI is InChI=1S/C22H40O2P2.ClH.Ir/c1-19(2,3)25(20(4,5)6)23-17-14-13-15-18(16-17)24-26(21(7,8)9)22(10,11)12;;/h13-16H,1-12H3;1H;/q;;+3/p-1. The predicted molar refractivity (Wildman–Crippen MR) is 121 cm³/mol. The van der Waals surface area contributed by atoms with E-state index in [1.807, 2.05) is 6.07 Å². The average molecular weight is 626 g/mol. The van der Waals surface area contributed by atoms with Crippen LogP contribution in [0.15, 0.2) is 24.3 Å². The maximum atomic E-state index is 6.53. The Kier molecular flexibility index (Phi) is 11.9. The molecule has 0 aliphatic heterocycles. The largest absolute Gasteiger partial charge is 3.00 e. The van der Waals surface area contributed by atoms with Crippen molar-refractivity contribution < 1.29 is 41.6 Å². The number of rotatable bonds is 4. The van der Waals surface area contributed by atoms with Crippen LogP contribution in [0.1, 0.15) is 83.1 Å². The third-order valence-electron chi connectivity index (χ3n) is 3.64. The minimum atomic E-state index is -0.647. The maximum Gasteiger partial charge on any atom is 3.00 e. The van der Waals surface area contributed by atoms with Gasteiger partial charge in [-0.2, -0.15) is 0 Å². The van der Waals surface area contributed by atoms with E-state index in [9.17, 15) is 0 Å². The van der Waals surface area contributed by atoms with Gasteiger partial charge >= 0.3 is 20.1 Å². The van der Waals surface area contributed by atoms with Crippen molar-refractivity contribution in [2.24, 2.45) is 0 Å². The van der Waals surface area contributed by atoms with Crippen molar-refractivity contribution in [2.75, 3.05) is 0 Å². The van der Waals surface area contributed by atoms with Gasteiger partial charge in [-0.1, -0.05) is 89.2 Å². The van der Waals surface area contributed by atoms with Crippen LogP contribution < -0.4 is 21.5 Å². The summed E-state index contributed by atoms with van der Waals surface area (Å²) in [6.45, 7) is 27.2. The van der Waals surface area contributed by atoms with Gasteiger partial charge in [-0.15, -0.1) is 0 Å². The molecule has 0 N–H and O–H groups in total. The van der Waals surface area contributed by atoms with E-state index in [2.05, 4.69) is 101 Å². The first kappa shape index (κ1) is 30.8. The van der Waals surface area contributed by atoms with Gasteiger partial charge in [-0.25, -0.2) is 0 Å². The smallest absolute Gasteiger partial charge is 1.00 e. The molecular weight excluding hydrogens is 586 g/mol. The van der Waals surface area contributed by atoms with Crippen LogP contribution in [0.3, 0.4) is 0 Å². The summed E-state index contributed by atoms with van der Waals surface area (Å²) in [6, 6.07) is 8.22. The zero-order valence-electron chi connectivity index (χ0n) is 19.7. The van der Waals surface area contributed by atoms with Crippen LogP contribution in [-0.4, -0.2) is 20.6 Å². The SMILES string of the molecule is CC(C)(C)P(Oc1cccc(OP(C(C)(C)C)C(C)(C)C)c1)C(C)(C)C.[Cl-].[Ir+3]. The summed E-state index contributed by atoms with van der Waals surface area (Å²) in [5.41, 5.74) is 0. The molecule has 0 heterocycles. The molecule has 0 radical (unpaired) electrons. The molecule has 0 bridgehead atoms. The Morgan fingerprint density at radius 1 is 0.571 bits per heavy atom. The molecule has 0 aliphatic rings. The zero-order chi connectivity index (χ0) is 20.6. The molecule has 0 aliphatic carbocycles. The second-order valence-corrected chi connectivity index (χ2v) is 17.8. The Balaban J connectivity index is 0. The van der Waals surface area contributed by atoms with Crippen molar-refractivity contribution >= 4 is 16.3 Å². The van der Waals surface area contributed by atoms with E-state index >= 15 is 0 Å². The van der Waals surface area contributed by atoms with Crippen LogP contribution in [0.4, 0.5) is 0 Å². The number of halogens is 1. The number of hydrogen-bond donors (Lipinski definition) is 0. The van der Waals surface area contributed by atoms with Gasteiger partial charge in [0.05, 0.1) is 16.3 Å². The minimum Gasteiger partial charge on any atom is -1.00 e. The van der Waals surface area contributed by atoms with Gasteiger partial charge in [-0.3, -0.25) is 0 Å². The molecule has 0 unspecified atom stereocenters. The maximum absolute atomic E-state index is 6.53. The fraction of sp³-hybridized carbons (Fsp3) is 0.727. The molecule has 1 aromatic carbocycles. The Labute approximate surface area is 196 Å². The molecule has 0 spiro atoms. The molecule has 28 heavy (non-hydrogen) atoms. The van der Waals surface area contributed by atoms with Gasteiger partial charge in [-0.05, 0) is 12.1 Å². The number of benzene rings is 1. The number of hydrogen-bond acceptors (Lipinski definition) is 2. The van der Waals surface area contributed by atoms with Crippen LogP contribution in [0.25, 0.3) is 0 Å². The van der Waals surface area contributed by atoms with E-state index in [0.717, 1.165) is 11.5 Å². The van der Waals surface area contributed by atoms with E-state index in [-0.39, 0.29) is 53.1 Å². The summed E-state index contributed by atoms with van der Waals surface area (Å²) in [7, 11) is -1.29. The quantitative estimate of drug-likeness (QED) is 0.416. The van der Waals surface area contributed by atoms with Crippen molar-refractivity contribution in [3.05, 3.63) is 24.3 Å². The predicted octanol–water partition coefficient (Wildman–Crippen LogP) is 5.43. The Bertz CT molecular complexity index is 519. The van der Waals surface area contributed by atoms with Crippen molar-refractivity contribution in [3.63, 3.8) is 0 Å². The molecule has 0 saturated heterocycles. The first-order valence-corrected chi connectivity index (χ1v) is 12.0. The fourth-order valence-corrected chi connectivity index (χ4v) is 9.13. The second kappa shape index (κ2) is 10.8. The summed E-state index contributed by atoms with van der Waals surface area (Å²) in [4.78, 5) is 0. The van der Waals surface area contributed by atoms with Crippen LogP contribution in [0, 0.1) is 0 Å². The normalized spacial score (nSPS) is 13.1. The van der Waals surface area contributed by atoms with E-state index in [0.29, 0.717) is 0 Å². The third-order valence-corrected chi connectivity index (χ3v) is 9.30. The van der Waals surface area contributed by atoms with Gasteiger partial charge in [0, 0.05) is 26.7 Å². The Hall–Kier alpha value is 0.619. The molecule has 1 aromatic rings. The van der Waals surface area contributed by atoms with Gasteiger partial charge in [0.25, 0.3) is 0 Å². The summed E-state index contributed by atoms with van der Waals surface area (Å²) in [5, 5.41) is 0.476. The van der Waals surface area contributed by atoms with Crippen molar-refractivity contribution in [3.8, 4) is 11.5 Å². The molecule has 0 aromatic heterocycles. The van der Waals surface area contributed by atoms with Crippen LogP contribution in [0.2, 0.25) is 0 Å². The topological polar surface area (TPSA) is 18.5 Å². The van der Waals surface area contributed by atoms with E-state index < -0.39 is 16.3 Å². The minimum absolute atomic E-state index is 0. The molecule has 2 nitrogen and oxygen atoms in total. The molecule has 0 amide bonds. The van der Waals surface area contributed by atoms with Crippen LogP contribution in [0.5, 0.6) is 11.5 Å². The fourth-order valence-electron chi connectivity index (χ4n) is 3.36. The molecular formula is C22H40ClIrO2P2+2. The van der Waals surface area contributed by atoms with Crippen LogP contribution >= 0.6 is 16.3 Å². The first-order chi connectivity index (χ1) is 11.4. The average Bonchev–Trinajstić information content (AvgIpc) is 2.37. The zero-order valence-corrected chi connectivity index (χ0v) is 24.7. The Morgan fingerprint density at radius 2 is 0.821 bits per heavy atom.